The first-order valence-corrected chi connectivity index (χ1v) is 9.88. The van der Waals surface area contributed by atoms with Crippen LogP contribution in [0.3, 0.4) is 0 Å². The fraction of sp³-hybridized carbons (Fsp3) is 0.294. The minimum absolute atomic E-state index is 0.0973. The monoisotopic (exact) mass is 373 g/mol. The summed E-state index contributed by atoms with van der Waals surface area (Å²) in [5, 5.41) is 14.6. The molecule has 0 aliphatic carbocycles. The maximum absolute atomic E-state index is 12.1. The number of anilines is 1. The summed E-state index contributed by atoms with van der Waals surface area (Å²) in [6.07, 6.45) is 2.62. The molecule has 0 aliphatic heterocycles. The number of nitrogens with zero attached hydrogens (tertiary/aromatic N) is 4. The van der Waals surface area contributed by atoms with Crippen LogP contribution in [0.5, 0.6) is 0 Å². The van der Waals surface area contributed by atoms with Crippen LogP contribution in [-0.4, -0.2) is 31.4 Å². The Kier molecular flexibility index (Phi) is 5.83. The molecule has 1 N–H and O–H groups in total. The van der Waals surface area contributed by atoms with Gasteiger partial charge in [-0.3, -0.25) is 9.36 Å². The van der Waals surface area contributed by atoms with Crippen LogP contribution in [0.15, 0.2) is 47.1 Å². The molecule has 1 amide bonds. The zero-order valence-corrected chi connectivity index (χ0v) is 15.7. The lowest BCUT2D eigenvalue weighted by Crippen LogP contribution is -2.15. The van der Waals surface area contributed by atoms with Crippen molar-refractivity contribution in [1.82, 2.24) is 19.7 Å². The highest BCUT2D eigenvalue weighted by Gasteiger charge is 2.19. The first-order valence-electron chi connectivity index (χ1n) is 8.01. The molecule has 130 valence electrons. The molecule has 1 aromatic carbocycles. The van der Waals surface area contributed by atoms with E-state index in [0.717, 1.165) is 23.0 Å². The Labute approximate surface area is 154 Å². The van der Waals surface area contributed by atoms with E-state index >= 15 is 0 Å². The zero-order chi connectivity index (χ0) is 17.6. The summed E-state index contributed by atoms with van der Waals surface area (Å²) in [4.78, 5) is 16.1. The van der Waals surface area contributed by atoms with Crippen molar-refractivity contribution >= 4 is 34.1 Å². The molecule has 3 rings (SSSR count). The van der Waals surface area contributed by atoms with E-state index in [1.807, 2.05) is 35.7 Å². The Balaban J connectivity index is 1.77. The molecule has 1 atom stereocenters. The maximum Gasteiger partial charge on any atom is 0.236 e. The van der Waals surface area contributed by atoms with Gasteiger partial charge in [-0.05, 0) is 13.3 Å². The van der Waals surface area contributed by atoms with Crippen molar-refractivity contribution in [3.05, 3.63) is 41.9 Å². The summed E-state index contributed by atoms with van der Waals surface area (Å²) < 4.78 is 2.11. The molecule has 0 radical (unpaired) electrons. The van der Waals surface area contributed by atoms with E-state index in [9.17, 15) is 4.79 Å². The highest BCUT2D eigenvalue weighted by molar-refractivity contribution is 7.99. The van der Waals surface area contributed by atoms with E-state index < -0.39 is 0 Å². The van der Waals surface area contributed by atoms with E-state index in [0.29, 0.717) is 5.13 Å². The van der Waals surface area contributed by atoms with Crippen molar-refractivity contribution in [1.29, 1.82) is 0 Å². The van der Waals surface area contributed by atoms with E-state index in [1.165, 1.54) is 23.1 Å². The van der Waals surface area contributed by atoms with Gasteiger partial charge in [0.2, 0.25) is 5.91 Å². The second kappa shape index (κ2) is 8.26. The Morgan fingerprint density at radius 1 is 1.32 bits per heavy atom. The van der Waals surface area contributed by atoms with Gasteiger partial charge in [0.15, 0.2) is 16.1 Å². The van der Waals surface area contributed by atoms with Gasteiger partial charge in [-0.2, -0.15) is 0 Å². The van der Waals surface area contributed by atoms with Crippen molar-refractivity contribution in [2.75, 3.05) is 11.1 Å². The van der Waals surface area contributed by atoms with Crippen LogP contribution < -0.4 is 5.32 Å². The lowest BCUT2D eigenvalue weighted by atomic mass is 10.2. The minimum atomic E-state index is -0.0973. The van der Waals surface area contributed by atoms with Crippen LogP contribution in [0.1, 0.15) is 26.3 Å². The molecule has 0 saturated heterocycles. The third kappa shape index (κ3) is 4.26. The van der Waals surface area contributed by atoms with Crippen LogP contribution in [0.4, 0.5) is 5.13 Å². The van der Waals surface area contributed by atoms with Gasteiger partial charge in [0.1, 0.15) is 0 Å². The first kappa shape index (κ1) is 17.6. The third-order valence-corrected chi connectivity index (χ3v) is 5.37. The third-order valence-electron chi connectivity index (χ3n) is 3.74. The molecule has 0 spiro atoms. The molecule has 25 heavy (non-hydrogen) atoms. The Hall–Kier alpha value is -2.19. The Morgan fingerprint density at radius 3 is 2.80 bits per heavy atom. The zero-order valence-electron chi connectivity index (χ0n) is 14.0. The SMILES string of the molecule is CC[C@H](C)n1c(SCC(=O)Nc2nccs2)nnc1-c1ccccc1. The summed E-state index contributed by atoms with van der Waals surface area (Å²) in [6, 6.07) is 10.2. The van der Waals surface area contributed by atoms with E-state index in [1.54, 1.807) is 6.20 Å². The van der Waals surface area contributed by atoms with Crippen molar-refractivity contribution in [2.24, 2.45) is 0 Å². The van der Waals surface area contributed by atoms with Crippen molar-refractivity contribution < 1.29 is 4.79 Å². The van der Waals surface area contributed by atoms with E-state index in [2.05, 4.69) is 38.9 Å². The van der Waals surface area contributed by atoms with Gasteiger partial charge in [-0.1, -0.05) is 49.0 Å². The van der Waals surface area contributed by atoms with E-state index in [4.69, 9.17) is 0 Å². The van der Waals surface area contributed by atoms with Crippen LogP contribution in [0.25, 0.3) is 11.4 Å². The van der Waals surface area contributed by atoms with Gasteiger partial charge >= 0.3 is 0 Å². The smallest absolute Gasteiger partial charge is 0.236 e. The van der Waals surface area contributed by atoms with Crippen LogP contribution >= 0.6 is 23.1 Å². The number of hydrogen-bond donors (Lipinski definition) is 1. The largest absolute Gasteiger partial charge is 0.301 e. The van der Waals surface area contributed by atoms with Crippen LogP contribution in [-0.2, 0) is 4.79 Å². The molecule has 8 heteroatoms. The molecule has 3 aromatic rings. The molecule has 0 saturated carbocycles. The topological polar surface area (TPSA) is 72.7 Å². The number of rotatable bonds is 7. The Morgan fingerprint density at radius 2 is 2.12 bits per heavy atom. The van der Waals surface area contributed by atoms with Crippen LogP contribution in [0.2, 0.25) is 0 Å². The van der Waals surface area contributed by atoms with Gasteiger partial charge in [0, 0.05) is 23.2 Å². The number of benzene rings is 1. The standard InChI is InChI=1S/C17H19N5OS2/c1-3-12(2)22-15(13-7-5-4-6-8-13)20-21-17(22)25-11-14(23)19-16-18-9-10-24-16/h4-10,12H,3,11H2,1-2H3,(H,18,19,23)/t12-/m0/s1. The van der Waals surface area contributed by atoms with Crippen molar-refractivity contribution in [3.8, 4) is 11.4 Å². The number of carbonyl (C=O) groups excluding carboxylic acids is 1. The predicted octanol–water partition coefficient (Wildman–Crippen LogP) is 4.10. The highest BCUT2D eigenvalue weighted by Crippen LogP contribution is 2.29. The summed E-state index contributed by atoms with van der Waals surface area (Å²) in [6.45, 7) is 4.26. The van der Waals surface area contributed by atoms with Gasteiger partial charge < -0.3 is 5.32 Å². The lowest BCUT2D eigenvalue weighted by molar-refractivity contribution is -0.113. The number of carbonyl (C=O) groups is 1. The highest BCUT2D eigenvalue weighted by atomic mass is 32.2. The quantitative estimate of drug-likeness (QED) is 0.631. The summed E-state index contributed by atoms with van der Waals surface area (Å²) in [5.41, 5.74) is 1.02. The summed E-state index contributed by atoms with van der Waals surface area (Å²) >= 11 is 2.79. The molecule has 0 fully saturated rings. The Bertz CT molecular complexity index is 817. The van der Waals surface area contributed by atoms with Crippen molar-refractivity contribution in [2.45, 2.75) is 31.5 Å². The molecule has 0 unspecified atom stereocenters. The number of amides is 1. The normalized spacial score (nSPS) is 12.1. The number of nitrogens with one attached hydrogen (secondary N) is 1. The molecule has 2 aromatic heterocycles. The number of thioether (sulfide) groups is 1. The molecular weight excluding hydrogens is 354 g/mol. The minimum Gasteiger partial charge on any atom is -0.301 e. The van der Waals surface area contributed by atoms with Gasteiger partial charge in [0.25, 0.3) is 0 Å². The number of aromatic nitrogens is 4. The average molecular weight is 374 g/mol. The van der Waals surface area contributed by atoms with Gasteiger partial charge in [-0.25, -0.2) is 4.98 Å². The molecule has 6 nitrogen and oxygen atoms in total. The molecular formula is C17H19N5OS2. The van der Waals surface area contributed by atoms with Crippen LogP contribution in [0, 0.1) is 0 Å². The lowest BCUT2D eigenvalue weighted by Gasteiger charge is -2.16. The average Bonchev–Trinajstić information content (AvgIpc) is 3.29. The fourth-order valence-electron chi connectivity index (χ4n) is 2.31. The summed E-state index contributed by atoms with van der Waals surface area (Å²) in [5.74, 6) is 1.00. The van der Waals surface area contributed by atoms with Gasteiger partial charge in [0.05, 0.1) is 5.75 Å². The van der Waals surface area contributed by atoms with E-state index in [-0.39, 0.29) is 17.7 Å². The molecule has 2 heterocycles. The van der Waals surface area contributed by atoms with Crippen molar-refractivity contribution in [3.63, 3.8) is 0 Å². The number of hydrogen-bond acceptors (Lipinski definition) is 6. The maximum atomic E-state index is 12.1. The second-order valence-electron chi connectivity index (χ2n) is 5.47. The second-order valence-corrected chi connectivity index (χ2v) is 7.31. The fourth-order valence-corrected chi connectivity index (χ4v) is 3.69. The molecule has 0 aliphatic rings. The molecule has 0 bridgehead atoms. The predicted molar refractivity (Wildman–Crippen MR) is 102 cm³/mol. The first-order chi connectivity index (χ1) is 12.2. The number of thiazole rings is 1. The summed E-state index contributed by atoms with van der Waals surface area (Å²) in [7, 11) is 0. The van der Waals surface area contributed by atoms with Gasteiger partial charge in [-0.15, -0.1) is 21.5 Å².